The van der Waals surface area contributed by atoms with Gasteiger partial charge in [-0.25, -0.2) is 0 Å². The minimum absolute atomic E-state index is 0.0418. The Bertz CT molecular complexity index is 721. The third-order valence-corrected chi connectivity index (χ3v) is 5.81. The summed E-state index contributed by atoms with van der Waals surface area (Å²) in [7, 11) is 0. The van der Waals surface area contributed by atoms with Crippen molar-refractivity contribution in [3.8, 4) is 0 Å². The highest BCUT2D eigenvalue weighted by Gasteiger charge is 2.25. The van der Waals surface area contributed by atoms with Gasteiger partial charge in [0.25, 0.3) is 0 Å². The van der Waals surface area contributed by atoms with Crippen LogP contribution >= 0.6 is 11.8 Å². The Labute approximate surface area is 183 Å². The number of thioether (sulfide) groups is 1. The van der Waals surface area contributed by atoms with Crippen LogP contribution in [0.1, 0.15) is 63.4 Å². The largest absolute Gasteiger partial charge is 0.481 e. The van der Waals surface area contributed by atoms with E-state index < -0.39 is 5.97 Å². The van der Waals surface area contributed by atoms with E-state index in [0.29, 0.717) is 12.3 Å². The monoisotopic (exact) mass is 432 g/mol. The molecule has 0 bridgehead atoms. The molecule has 7 heteroatoms. The van der Waals surface area contributed by atoms with E-state index in [4.69, 9.17) is 5.11 Å². The van der Waals surface area contributed by atoms with Gasteiger partial charge in [-0.2, -0.15) is 0 Å². The first-order valence-corrected chi connectivity index (χ1v) is 11.8. The first-order valence-electron chi connectivity index (χ1n) is 10.7. The molecular weight excluding hydrogens is 400 g/mol. The number of carboxylic acid groups (broad SMARTS) is 1. The third-order valence-electron chi connectivity index (χ3n) is 5.00. The zero-order valence-corrected chi connectivity index (χ0v) is 18.3. The van der Waals surface area contributed by atoms with Crippen LogP contribution in [-0.2, 0) is 14.4 Å². The summed E-state index contributed by atoms with van der Waals surface area (Å²) in [5.74, 6) is -0.525. The van der Waals surface area contributed by atoms with Crippen molar-refractivity contribution in [1.82, 2.24) is 10.2 Å². The standard InChI is InChI=1S/C23H32N2O4S/c26-21(24-15-11-6-4-2-1-3-5-10-14-23(28)29)16-25-20(17-30-18-22(25)27)19-12-8-7-9-13-19/h7-9,12-13,17H,1-6,10-11,14-16,18H2,(H,24,26)(H,28,29). The quantitative estimate of drug-likeness (QED) is 0.429. The number of hydrogen-bond donors (Lipinski definition) is 2. The molecule has 0 atom stereocenters. The smallest absolute Gasteiger partial charge is 0.303 e. The predicted octanol–water partition coefficient (Wildman–Crippen LogP) is 4.27. The summed E-state index contributed by atoms with van der Waals surface area (Å²) in [4.78, 5) is 36.7. The molecule has 0 aliphatic carbocycles. The zero-order chi connectivity index (χ0) is 21.6. The van der Waals surface area contributed by atoms with Gasteiger partial charge in [0, 0.05) is 13.0 Å². The van der Waals surface area contributed by atoms with Crippen molar-refractivity contribution in [2.75, 3.05) is 18.8 Å². The molecule has 1 aromatic rings. The molecule has 0 aromatic heterocycles. The van der Waals surface area contributed by atoms with Gasteiger partial charge in [-0.05, 0) is 23.8 Å². The number of benzene rings is 1. The summed E-state index contributed by atoms with van der Waals surface area (Å²) in [6.45, 7) is 0.676. The molecule has 2 N–H and O–H groups in total. The molecule has 1 heterocycles. The SMILES string of the molecule is O=C(O)CCCCCCCCCCNC(=O)CN1C(=O)CSC=C1c1ccccc1. The second kappa shape index (κ2) is 13.9. The zero-order valence-electron chi connectivity index (χ0n) is 17.5. The van der Waals surface area contributed by atoms with Crippen LogP contribution in [0.15, 0.2) is 35.7 Å². The number of hydrogen-bond acceptors (Lipinski definition) is 4. The van der Waals surface area contributed by atoms with E-state index in [1.807, 2.05) is 35.7 Å². The van der Waals surface area contributed by atoms with Crippen molar-refractivity contribution in [3.63, 3.8) is 0 Å². The Morgan fingerprint density at radius 2 is 1.60 bits per heavy atom. The van der Waals surface area contributed by atoms with E-state index in [2.05, 4.69) is 5.32 Å². The van der Waals surface area contributed by atoms with Crippen LogP contribution in [0.3, 0.4) is 0 Å². The molecule has 0 unspecified atom stereocenters. The number of rotatable bonds is 14. The second-order valence-corrected chi connectivity index (χ2v) is 8.34. The van der Waals surface area contributed by atoms with E-state index in [-0.39, 0.29) is 24.8 Å². The summed E-state index contributed by atoms with van der Waals surface area (Å²) in [6, 6.07) is 9.67. The maximum Gasteiger partial charge on any atom is 0.303 e. The molecule has 1 aromatic carbocycles. The fourth-order valence-corrected chi connectivity index (χ4v) is 4.17. The molecule has 0 saturated heterocycles. The van der Waals surface area contributed by atoms with Crippen molar-refractivity contribution in [2.45, 2.75) is 57.8 Å². The molecule has 0 radical (unpaired) electrons. The summed E-state index contributed by atoms with van der Waals surface area (Å²) < 4.78 is 0. The number of unbranched alkanes of at least 4 members (excludes halogenated alkanes) is 7. The molecular formula is C23H32N2O4S. The predicted molar refractivity (Wildman–Crippen MR) is 121 cm³/mol. The Balaban J connectivity index is 1.59. The molecule has 2 amide bonds. The average Bonchev–Trinajstić information content (AvgIpc) is 2.74. The van der Waals surface area contributed by atoms with Crippen LogP contribution < -0.4 is 5.32 Å². The minimum atomic E-state index is -0.715. The van der Waals surface area contributed by atoms with E-state index >= 15 is 0 Å². The number of nitrogens with zero attached hydrogens (tertiary/aromatic N) is 1. The van der Waals surface area contributed by atoms with Crippen LogP contribution in [0, 0.1) is 0 Å². The molecule has 30 heavy (non-hydrogen) atoms. The van der Waals surface area contributed by atoms with Gasteiger partial charge in [0.05, 0.1) is 11.4 Å². The van der Waals surface area contributed by atoms with Crippen LogP contribution in [0.2, 0.25) is 0 Å². The van der Waals surface area contributed by atoms with Gasteiger partial charge in [-0.3, -0.25) is 14.4 Å². The highest BCUT2D eigenvalue weighted by molar-refractivity contribution is 8.03. The summed E-state index contributed by atoms with van der Waals surface area (Å²) in [5, 5.41) is 13.5. The van der Waals surface area contributed by atoms with E-state index in [0.717, 1.165) is 62.6 Å². The van der Waals surface area contributed by atoms with Crippen molar-refractivity contribution in [2.24, 2.45) is 0 Å². The van der Waals surface area contributed by atoms with Gasteiger partial charge in [0.2, 0.25) is 11.8 Å². The van der Waals surface area contributed by atoms with E-state index in [1.165, 1.54) is 11.8 Å². The summed E-state index contributed by atoms with van der Waals surface area (Å²) >= 11 is 1.46. The number of carboxylic acids is 1. The van der Waals surface area contributed by atoms with Gasteiger partial charge in [0.15, 0.2) is 0 Å². The van der Waals surface area contributed by atoms with Gasteiger partial charge in [0.1, 0.15) is 6.54 Å². The lowest BCUT2D eigenvalue weighted by atomic mass is 10.1. The number of carbonyl (C=O) groups is 3. The van der Waals surface area contributed by atoms with Crippen molar-refractivity contribution in [3.05, 3.63) is 41.3 Å². The molecule has 1 aliphatic heterocycles. The highest BCUT2D eigenvalue weighted by Crippen LogP contribution is 2.27. The molecule has 0 fully saturated rings. The topological polar surface area (TPSA) is 86.7 Å². The maximum absolute atomic E-state index is 12.3. The van der Waals surface area contributed by atoms with Crippen LogP contribution in [0.5, 0.6) is 0 Å². The lowest BCUT2D eigenvalue weighted by Crippen LogP contribution is -2.41. The average molecular weight is 433 g/mol. The van der Waals surface area contributed by atoms with Gasteiger partial charge < -0.3 is 15.3 Å². The Kier molecular flexibility index (Phi) is 11.1. The third kappa shape index (κ3) is 9.03. The van der Waals surface area contributed by atoms with Crippen LogP contribution in [0.25, 0.3) is 5.70 Å². The molecule has 1 aliphatic rings. The minimum Gasteiger partial charge on any atom is -0.481 e. The van der Waals surface area contributed by atoms with E-state index in [1.54, 1.807) is 4.90 Å². The lowest BCUT2D eigenvalue weighted by molar-refractivity contribution is -0.137. The Morgan fingerprint density at radius 3 is 2.27 bits per heavy atom. The van der Waals surface area contributed by atoms with Crippen LogP contribution in [-0.4, -0.2) is 46.6 Å². The summed E-state index contributed by atoms with van der Waals surface area (Å²) in [6.07, 6.45) is 8.49. The van der Waals surface area contributed by atoms with Gasteiger partial charge in [-0.15, -0.1) is 11.8 Å². The lowest BCUT2D eigenvalue weighted by Gasteiger charge is -2.28. The maximum atomic E-state index is 12.3. The van der Waals surface area contributed by atoms with E-state index in [9.17, 15) is 14.4 Å². The second-order valence-electron chi connectivity index (χ2n) is 7.48. The number of amides is 2. The number of aliphatic carboxylic acids is 1. The Hall–Kier alpha value is -2.28. The normalized spacial score (nSPS) is 13.8. The molecule has 2 rings (SSSR count). The van der Waals surface area contributed by atoms with Crippen molar-refractivity contribution < 1.29 is 19.5 Å². The number of carbonyl (C=O) groups excluding carboxylic acids is 2. The fourth-order valence-electron chi connectivity index (χ4n) is 3.36. The van der Waals surface area contributed by atoms with Crippen molar-refractivity contribution >= 4 is 35.2 Å². The first kappa shape index (κ1) is 24.0. The highest BCUT2D eigenvalue weighted by atomic mass is 32.2. The fraction of sp³-hybridized carbons (Fsp3) is 0.522. The van der Waals surface area contributed by atoms with Gasteiger partial charge >= 0.3 is 5.97 Å². The molecule has 164 valence electrons. The first-order chi connectivity index (χ1) is 14.6. The molecule has 0 spiro atoms. The number of nitrogens with one attached hydrogen (secondary N) is 1. The Morgan fingerprint density at radius 1 is 0.967 bits per heavy atom. The van der Waals surface area contributed by atoms with Crippen LogP contribution in [0.4, 0.5) is 0 Å². The summed E-state index contributed by atoms with van der Waals surface area (Å²) in [5.41, 5.74) is 1.73. The molecule has 6 nitrogen and oxygen atoms in total. The van der Waals surface area contributed by atoms with Crippen molar-refractivity contribution in [1.29, 1.82) is 0 Å². The molecule has 0 saturated carbocycles. The van der Waals surface area contributed by atoms with Gasteiger partial charge in [-0.1, -0.05) is 68.9 Å².